The summed E-state index contributed by atoms with van der Waals surface area (Å²) in [6.45, 7) is 4.53. The standard InChI is InChI=1S/C14H20Cl2/c1-3-11(2)8-13(10-15)9-12-4-6-14(16)7-5-12/h4-7,11,13H,3,8-10H2,1-2H3. The molecule has 0 bridgehead atoms. The molecule has 2 atom stereocenters. The number of halogens is 2. The molecular formula is C14H20Cl2. The van der Waals surface area contributed by atoms with Crippen LogP contribution in [0, 0.1) is 11.8 Å². The van der Waals surface area contributed by atoms with Gasteiger partial charge in [0, 0.05) is 10.9 Å². The molecule has 90 valence electrons. The van der Waals surface area contributed by atoms with Crippen molar-refractivity contribution < 1.29 is 0 Å². The quantitative estimate of drug-likeness (QED) is 0.618. The summed E-state index contributed by atoms with van der Waals surface area (Å²) in [6, 6.07) is 8.09. The van der Waals surface area contributed by atoms with Crippen LogP contribution in [0.5, 0.6) is 0 Å². The summed E-state index contributed by atoms with van der Waals surface area (Å²) in [7, 11) is 0. The fourth-order valence-corrected chi connectivity index (χ4v) is 2.25. The van der Waals surface area contributed by atoms with Gasteiger partial charge >= 0.3 is 0 Å². The molecule has 0 aromatic heterocycles. The fraction of sp³-hybridized carbons (Fsp3) is 0.571. The maximum Gasteiger partial charge on any atom is 0.0406 e. The largest absolute Gasteiger partial charge is 0.126 e. The molecule has 0 saturated carbocycles. The molecule has 2 heteroatoms. The minimum atomic E-state index is 0.581. The van der Waals surface area contributed by atoms with Gasteiger partial charge in [-0.3, -0.25) is 0 Å². The van der Waals surface area contributed by atoms with Crippen LogP contribution < -0.4 is 0 Å². The van der Waals surface area contributed by atoms with Crippen LogP contribution in [0.3, 0.4) is 0 Å². The SMILES string of the molecule is CCC(C)CC(CCl)Cc1ccc(Cl)cc1. The highest BCUT2D eigenvalue weighted by atomic mass is 35.5. The molecule has 1 aromatic rings. The molecular weight excluding hydrogens is 239 g/mol. The van der Waals surface area contributed by atoms with Crippen LogP contribution in [0.2, 0.25) is 5.02 Å². The summed E-state index contributed by atoms with van der Waals surface area (Å²) < 4.78 is 0. The predicted octanol–water partition coefficient (Wildman–Crippen LogP) is 5.17. The van der Waals surface area contributed by atoms with Crippen molar-refractivity contribution in [2.24, 2.45) is 11.8 Å². The summed E-state index contributed by atoms with van der Waals surface area (Å²) in [5.41, 5.74) is 1.33. The van der Waals surface area contributed by atoms with Gasteiger partial charge in [-0.1, -0.05) is 44.0 Å². The maximum absolute atomic E-state index is 6.02. The molecule has 0 fully saturated rings. The van der Waals surface area contributed by atoms with Crippen molar-refractivity contribution in [3.05, 3.63) is 34.9 Å². The number of hydrogen-bond acceptors (Lipinski definition) is 0. The number of alkyl halides is 1. The van der Waals surface area contributed by atoms with Crippen LogP contribution in [-0.4, -0.2) is 5.88 Å². The van der Waals surface area contributed by atoms with Crippen LogP contribution >= 0.6 is 23.2 Å². The van der Waals surface area contributed by atoms with Gasteiger partial charge in [0.2, 0.25) is 0 Å². The van der Waals surface area contributed by atoms with Gasteiger partial charge in [-0.05, 0) is 42.4 Å². The zero-order valence-electron chi connectivity index (χ0n) is 10.0. The van der Waals surface area contributed by atoms with Crippen molar-refractivity contribution >= 4 is 23.2 Å². The van der Waals surface area contributed by atoms with Gasteiger partial charge in [0.05, 0.1) is 0 Å². The lowest BCUT2D eigenvalue weighted by atomic mass is 9.90. The van der Waals surface area contributed by atoms with E-state index in [1.807, 2.05) is 12.1 Å². The molecule has 0 radical (unpaired) electrons. The predicted molar refractivity (Wildman–Crippen MR) is 73.4 cm³/mol. The molecule has 0 heterocycles. The Morgan fingerprint density at radius 2 is 1.81 bits per heavy atom. The first-order chi connectivity index (χ1) is 7.65. The average molecular weight is 259 g/mol. The lowest BCUT2D eigenvalue weighted by Crippen LogP contribution is -2.10. The van der Waals surface area contributed by atoms with Crippen LogP contribution in [0.15, 0.2) is 24.3 Å². The molecule has 1 rings (SSSR count). The first-order valence-corrected chi connectivity index (χ1v) is 6.87. The second-order valence-electron chi connectivity index (χ2n) is 4.60. The third-order valence-corrected chi connectivity index (χ3v) is 3.78. The first-order valence-electron chi connectivity index (χ1n) is 5.96. The Bertz CT molecular complexity index is 292. The zero-order valence-corrected chi connectivity index (χ0v) is 11.6. The van der Waals surface area contributed by atoms with Crippen LogP contribution in [0.25, 0.3) is 0 Å². The molecule has 0 aliphatic heterocycles. The lowest BCUT2D eigenvalue weighted by Gasteiger charge is -2.17. The van der Waals surface area contributed by atoms with Gasteiger partial charge in [-0.2, -0.15) is 0 Å². The summed E-state index contributed by atoms with van der Waals surface area (Å²) in [5.74, 6) is 2.08. The molecule has 0 saturated heterocycles. The monoisotopic (exact) mass is 258 g/mol. The van der Waals surface area contributed by atoms with E-state index in [9.17, 15) is 0 Å². The second-order valence-corrected chi connectivity index (χ2v) is 5.35. The Labute approximate surface area is 109 Å². The number of benzene rings is 1. The summed E-state index contributed by atoms with van der Waals surface area (Å²) in [5, 5.41) is 0.799. The van der Waals surface area contributed by atoms with Gasteiger partial charge < -0.3 is 0 Å². The van der Waals surface area contributed by atoms with E-state index in [-0.39, 0.29) is 0 Å². The van der Waals surface area contributed by atoms with Crippen LogP contribution in [-0.2, 0) is 6.42 Å². The highest BCUT2D eigenvalue weighted by Crippen LogP contribution is 2.21. The molecule has 2 unspecified atom stereocenters. The Morgan fingerprint density at radius 3 is 2.31 bits per heavy atom. The Kier molecular flexibility index (Phi) is 6.23. The Hall–Kier alpha value is -0.200. The van der Waals surface area contributed by atoms with E-state index in [2.05, 4.69) is 26.0 Å². The molecule has 0 aliphatic carbocycles. The first kappa shape index (κ1) is 13.9. The van der Waals surface area contributed by atoms with E-state index in [0.717, 1.165) is 23.2 Å². The van der Waals surface area contributed by atoms with Gasteiger partial charge in [-0.15, -0.1) is 11.6 Å². The molecule has 0 spiro atoms. The van der Waals surface area contributed by atoms with Gasteiger partial charge in [0.1, 0.15) is 0 Å². The summed E-state index contributed by atoms with van der Waals surface area (Å²) in [6.07, 6.45) is 3.50. The van der Waals surface area contributed by atoms with Gasteiger partial charge in [0.25, 0.3) is 0 Å². The molecule has 16 heavy (non-hydrogen) atoms. The van der Waals surface area contributed by atoms with Crippen LogP contribution in [0.1, 0.15) is 32.3 Å². The highest BCUT2D eigenvalue weighted by Gasteiger charge is 2.12. The van der Waals surface area contributed by atoms with E-state index in [4.69, 9.17) is 23.2 Å². The Balaban J connectivity index is 2.52. The summed E-state index contributed by atoms with van der Waals surface area (Å²) >= 11 is 11.9. The third kappa shape index (κ3) is 4.76. The fourth-order valence-electron chi connectivity index (χ4n) is 1.89. The van der Waals surface area contributed by atoms with E-state index in [1.54, 1.807) is 0 Å². The topological polar surface area (TPSA) is 0 Å². The normalized spacial score (nSPS) is 14.8. The molecule has 1 aromatic carbocycles. The van der Waals surface area contributed by atoms with E-state index >= 15 is 0 Å². The van der Waals surface area contributed by atoms with Crippen molar-refractivity contribution in [3.8, 4) is 0 Å². The molecule has 0 amide bonds. The van der Waals surface area contributed by atoms with Crippen molar-refractivity contribution in [3.63, 3.8) is 0 Å². The minimum absolute atomic E-state index is 0.581. The van der Waals surface area contributed by atoms with Gasteiger partial charge in [-0.25, -0.2) is 0 Å². The zero-order chi connectivity index (χ0) is 12.0. The average Bonchev–Trinajstić information content (AvgIpc) is 2.30. The van der Waals surface area contributed by atoms with E-state index in [0.29, 0.717) is 5.92 Å². The van der Waals surface area contributed by atoms with Crippen molar-refractivity contribution in [2.75, 3.05) is 5.88 Å². The number of hydrogen-bond donors (Lipinski definition) is 0. The van der Waals surface area contributed by atoms with E-state index in [1.165, 1.54) is 18.4 Å². The minimum Gasteiger partial charge on any atom is -0.126 e. The second kappa shape index (κ2) is 7.19. The van der Waals surface area contributed by atoms with Gasteiger partial charge in [0.15, 0.2) is 0 Å². The van der Waals surface area contributed by atoms with Crippen molar-refractivity contribution in [1.29, 1.82) is 0 Å². The van der Waals surface area contributed by atoms with E-state index < -0.39 is 0 Å². The Morgan fingerprint density at radius 1 is 1.19 bits per heavy atom. The van der Waals surface area contributed by atoms with Crippen LogP contribution in [0.4, 0.5) is 0 Å². The van der Waals surface area contributed by atoms with Crippen molar-refractivity contribution in [1.82, 2.24) is 0 Å². The molecule has 0 nitrogen and oxygen atoms in total. The highest BCUT2D eigenvalue weighted by molar-refractivity contribution is 6.30. The molecule has 0 N–H and O–H groups in total. The lowest BCUT2D eigenvalue weighted by molar-refractivity contribution is 0.407. The smallest absolute Gasteiger partial charge is 0.0406 e. The number of rotatable bonds is 6. The third-order valence-electron chi connectivity index (χ3n) is 3.09. The summed E-state index contributed by atoms with van der Waals surface area (Å²) in [4.78, 5) is 0. The van der Waals surface area contributed by atoms with Crippen molar-refractivity contribution in [2.45, 2.75) is 33.1 Å². The molecule has 0 aliphatic rings. The maximum atomic E-state index is 6.02.